The second-order valence-corrected chi connectivity index (χ2v) is 5.48. The molecular weight excluding hydrogens is 305 g/mol. The predicted molar refractivity (Wildman–Crippen MR) is 75.4 cm³/mol. The fraction of sp³-hybridized carbons (Fsp3) is 0.500. The number of nitrogens with one attached hydrogen (secondary N) is 1. The molecule has 1 aliphatic heterocycles. The van der Waals surface area contributed by atoms with E-state index >= 15 is 0 Å². The Morgan fingerprint density at radius 2 is 2.14 bits per heavy atom. The molecule has 0 aromatic heterocycles. The van der Waals surface area contributed by atoms with Crippen LogP contribution in [0.1, 0.15) is 31.4 Å². The van der Waals surface area contributed by atoms with Gasteiger partial charge in [0.2, 0.25) is 5.91 Å². The van der Waals surface area contributed by atoms with Crippen LogP contribution < -0.4 is 5.32 Å². The van der Waals surface area contributed by atoms with Gasteiger partial charge in [-0.3, -0.25) is 9.69 Å². The molecule has 0 fully saturated rings. The summed E-state index contributed by atoms with van der Waals surface area (Å²) in [6.45, 7) is 1.82. The van der Waals surface area contributed by atoms with Crippen LogP contribution in [0.15, 0.2) is 18.2 Å². The first-order chi connectivity index (χ1) is 9.82. The van der Waals surface area contributed by atoms with Gasteiger partial charge in [-0.25, -0.2) is 0 Å². The fourth-order valence-corrected chi connectivity index (χ4v) is 2.67. The normalized spacial score (nSPS) is 19.9. The van der Waals surface area contributed by atoms with Crippen molar-refractivity contribution in [2.45, 2.75) is 32.0 Å². The Hall–Kier alpha value is -1.27. The zero-order valence-electron chi connectivity index (χ0n) is 11.5. The highest BCUT2D eigenvalue weighted by Gasteiger charge is 2.47. The lowest BCUT2D eigenvalue weighted by molar-refractivity contribution is -0.186. The molecule has 1 aromatic carbocycles. The molecule has 116 valence electrons. The maximum absolute atomic E-state index is 13.5. The number of rotatable bonds is 3. The molecule has 0 spiro atoms. The summed E-state index contributed by atoms with van der Waals surface area (Å²) in [5.41, 5.74) is 0.169. The van der Waals surface area contributed by atoms with Gasteiger partial charge in [0.25, 0.3) is 0 Å². The van der Waals surface area contributed by atoms with E-state index in [-0.39, 0.29) is 29.4 Å². The minimum absolute atomic E-state index is 0.00282. The lowest BCUT2D eigenvalue weighted by atomic mass is 10.0. The van der Waals surface area contributed by atoms with Crippen molar-refractivity contribution in [3.8, 4) is 0 Å². The first kappa shape index (κ1) is 16.1. The molecule has 21 heavy (non-hydrogen) atoms. The largest absolute Gasteiger partial charge is 0.408 e. The zero-order chi connectivity index (χ0) is 15.6. The maximum atomic E-state index is 13.5. The molecule has 0 radical (unpaired) electrons. The number of amides is 1. The highest BCUT2D eigenvalue weighted by Crippen LogP contribution is 2.42. The Kier molecular flexibility index (Phi) is 4.78. The van der Waals surface area contributed by atoms with Crippen LogP contribution in [0.5, 0.6) is 0 Å². The van der Waals surface area contributed by atoms with Gasteiger partial charge >= 0.3 is 6.18 Å². The lowest BCUT2D eigenvalue weighted by Gasteiger charge is -2.31. The van der Waals surface area contributed by atoms with Gasteiger partial charge < -0.3 is 5.32 Å². The van der Waals surface area contributed by atoms with Crippen molar-refractivity contribution in [1.29, 1.82) is 0 Å². The number of hydrogen-bond donors (Lipinski definition) is 1. The van der Waals surface area contributed by atoms with Crippen LogP contribution in [0.2, 0.25) is 5.02 Å². The third-order valence-corrected chi connectivity index (χ3v) is 3.64. The number of anilines is 1. The second-order valence-electron chi connectivity index (χ2n) is 5.05. The van der Waals surface area contributed by atoms with E-state index in [1.165, 1.54) is 23.1 Å². The number of hydrogen-bond acceptors (Lipinski definition) is 2. The maximum Gasteiger partial charge on any atom is 0.408 e. The van der Waals surface area contributed by atoms with E-state index in [0.29, 0.717) is 6.42 Å². The summed E-state index contributed by atoms with van der Waals surface area (Å²) in [7, 11) is 0. The summed E-state index contributed by atoms with van der Waals surface area (Å²) in [5, 5.41) is 2.74. The van der Waals surface area contributed by atoms with Gasteiger partial charge in [-0.05, 0) is 31.2 Å². The molecule has 2 rings (SSSR count). The molecule has 1 atom stereocenters. The van der Waals surface area contributed by atoms with Gasteiger partial charge in [-0.15, -0.1) is 0 Å². The quantitative estimate of drug-likeness (QED) is 0.913. The van der Waals surface area contributed by atoms with Crippen molar-refractivity contribution in [1.82, 2.24) is 4.90 Å². The van der Waals surface area contributed by atoms with Gasteiger partial charge in [-0.1, -0.05) is 24.9 Å². The molecule has 0 bridgehead atoms. The van der Waals surface area contributed by atoms with E-state index in [0.717, 1.165) is 6.42 Å². The Morgan fingerprint density at radius 1 is 1.43 bits per heavy atom. The number of alkyl halides is 3. The van der Waals surface area contributed by atoms with Gasteiger partial charge in [0.1, 0.15) is 6.04 Å². The molecule has 1 aromatic rings. The fourth-order valence-electron chi connectivity index (χ4n) is 2.49. The summed E-state index contributed by atoms with van der Waals surface area (Å²) in [6.07, 6.45) is -3.12. The molecular formula is C14H16ClF3N2O. The van der Waals surface area contributed by atoms with Crippen molar-refractivity contribution < 1.29 is 18.0 Å². The van der Waals surface area contributed by atoms with E-state index in [1.54, 1.807) is 0 Å². The number of unbranched alkanes of at least 4 members (excludes halogenated alkanes) is 1. The number of benzene rings is 1. The highest BCUT2D eigenvalue weighted by molar-refractivity contribution is 6.30. The van der Waals surface area contributed by atoms with Crippen molar-refractivity contribution in [3.63, 3.8) is 0 Å². The first-order valence-electron chi connectivity index (χ1n) is 6.73. The summed E-state index contributed by atoms with van der Waals surface area (Å²) in [5.74, 6) is -0.443. The zero-order valence-corrected chi connectivity index (χ0v) is 12.3. The topological polar surface area (TPSA) is 32.3 Å². The molecule has 1 aliphatic rings. The first-order valence-corrected chi connectivity index (χ1v) is 7.10. The molecule has 0 saturated heterocycles. The van der Waals surface area contributed by atoms with Crippen LogP contribution in [0, 0.1) is 0 Å². The highest BCUT2D eigenvalue weighted by atomic mass is 35.5. The summed E-state index contributed by atoms with van der Waals surface area (Å²) in [6, 6.07) is 2.34. The van der Waals surface area contributed by atoms with Crippen LogP contribution in [0.4, 0.5) is 18.9 Å². The van der Waals surface area contributed by atoms with Crippen LogP contribution in [-0.4, -0.2) is 30.1 Å². The van der Waals surface area contributed by atoms with Gasteiger partial charge in [0.05, 0.1) is 6.54 Å². The number of carbonyl (C=O) groups is 1. The molecule has 0 saturated carbocycles. The molecule has 1 heterocycles. The van der Waals surface area contributed by atoms with E-state index < -0.39 is 18.1 Å². The van der Waals surface area contributed by atoms with Crippen LogP contribution in [-0.2, 0) is 4.79 Å². The molecule has 1 amide bonds. The molecule has 1 unspecified atom stereocenters. The molecule has 7 heteroatoms. The predicted octanol–water partition coefficient (Wildman–Crippen LogP) is 4.00. The summed E-state index contributed by atoms with van der Waals surface area (Å²) >= 11 is 5.84. The summed E-state index contributed by atoms with van der Waals surface area (Å²) < 4.78 is 40.5. The number of nitrogens with zero attached hydrogens (tertiary/aromatic N) is 1. The van der Waals surface area contributed by atoms with E-state index in [1.807, 2.05) is 6.92 Å². The van der Waals surface area contributed by atoms with Crippen molar-refractivity contribution in [3.05, 3.63) is 28.8 Å². The SMILES string of the molecule is CCCCN1CC(=O)Nc2ccc(Cl)cc2C1C(F)(F)F. The van der Waals surface area contributed by atoms with Crippen molar-refractivity contribution >= 4 is 23.2 Å². The van der Waals surface area contributed by atoms with Crippen LogP contribution in [0.25, 0.3) is 0 Å². The number of carbonyl (C=O) groups excluding carboxylic acids is 1. The van der Waals surface area contributed by atoms with Crippen molar-refractivity contribution in [2.75, 3.05) is 18.4 Å². The van der Waals surface area contributed by atoms with E-state index in [2.05, 4.69) is 5.32 Å². The smallest absolute Gasteiger partial charge is 0.325 e. The minimum Gasteiger partial charge on any atom is -0.325 e. The monoisotopic (exact) mass is 320 g/mol. The van der Waals surface area contributed by atoms with Gasteiger partial charge in [-0.2, -0.15) is 13.2 Å². The van der Waals surface area contributed by atoms with Crippen LogP contribution >= 0.6 is 11.6 Å². The van der Waals surface area contributed by atoms with Gasteiger partial charge in [0, 0.05) is 16.3 Å². The average molecular weight is 321 g/mol. The molecule has 0 aliphatic carbocycles. The average Bonchev–Trinajstić information content (AvgIpc) is 2.50. The van der Waals surface area contributed by atoms with E-state index in [9.17, 15) is 18.0 Å². The Labute approximate surface area is 126 Å². The van der Waals surface area contributed by atoms with Gasteiger partial charge in [0.15, 0.2) is 0 Å². The van der Waals surface area contributed by atoms with Crippen LogP contribution in [0.3, 0.4) is 0 Å². The van der Waals surface area contributed by atoms with E-state index in [4.69, 9.17) is 11.6 Å². The Morgan fingerprint density at radius 3 is 2.76 bits per heavy atom. The Balaban J connectivity index is 2.50. The Bertz CT molecular complexity index is 533. The summed E-state index contributed by atoms with van der Waals surface area (Å²) in [4.78, 5) is 13.0. The molecule has 3 nitrogen and oxygen atoms in total. The number of halogens is 4. The minimum atomic E-state index is -4.47. The third-order valence-electron chi connectivity index (χ3n) is 3.40. The third kappa shape index (κ3) is 3.68. The van der Waals surface area contributed by atoms with Crippen molar-refractivity contribution in [2.24, 2.45) is 0 Å². The molecule has 1 N–H and O–H groups in total. The second kappa shape index (κ2) is 6.23. The standard InChI is InChI=1S/C14H16ClF3N2O/c1-2-3-6-20-8-12(21)19-11-5-4-9(15)7-10(11)13(20)14(16,17)18/h4-5,7,13H,2-3,6,8H2,1H3,(H,19,21). The lowest BCUT2D eigenvalue weighted by Crippen LogP contribution is -2.41. The number of fused-ring (bicyclic) bond motifs is 1.